The Kier molecular flexibility index (Phi) is 3.76. The average molecular weight is 239 g/mol. The van der Waals surface area contributed by atoms with Gasteiger partial charge in [0.2, 0.25) is 0 Å². The molecule has 3 heteroatoms. The molecule has 3 nitrogen and oxygen atoms in total. The van der Waals surface area contributed by atoms with Crippen LogP contribution in [0.25, 0.3) is 0 Å². The average Bonchev–Trinajstić information content (AvgIpc) is 2.77. The first-order chi connectivity index (χ1) is 8.07. The lowest BCUT2D eigenvalue weighted by atomic mass is 9.80. The van der Waals surface area contributed by atoms with Gasteiger partial charge in [-0.3, -0.25) is 9.69 Å². The number of carboxylic acids is 1. The molecule has 3 atom stereocenters. The summed E-state index contributed by atoms with van der Waals surface area (Å²) in [7, 11) is 0. The van der Waals surface area contributed by atoms with Gasteiger partial charge in [-0.2, -0.15) is 0 Å². The van der Waals surface area contributed by atoms with Crippen LogP contribution in [-0.2, 0) is 4.79 Å². The molecular weight excluding hydrogens is 214 g/mol. The number of carbonyl (C=O) groups is 1. The van der Waals surface area contributed by atoms with E-state index in [1.165, 1.54) is 25.7 Å². The number of hydrogen-bond acceptors (Lipinski definition) is 2. The van der Waals surface area contributed by atoms with Crippen LogP contribution in [0.1, 0.15) is 52.4 Å². The Morgan fingerprint density at radius 2 is 2.18 bits per heavy atom. The van der Waals surface area contributed by atoms with E-state index in [9.17, 15) is 9.90 Å². The third-order valence-corrected chi connectivity index (χ3v) is 4.85. The van der Waals surface area contributed by atoms with Crippen molar-refractivity contribution >= 4 is 5.97 Å². The third kappa shape index (κ3) is 2.49. The number of aliphatic carboxylic acids is 1. The molecule has 0 amide bonds. The van der Waals surface area contributed by atoms with Crippen molar-refractivity contribution in [3.63, 3.8) is 0 Å². The van der Waals surface area contributed by atoms with E-state index in [2.05, 4.69) is 11.8 Å². The van der Waals surface area contributed by atoms with E-state index < -0.39 is 11.4 Å². The van der Waals surface area contributed by atoms with Crippen LogP contribution in [0, 0.1) is 11.3 Å². The molecule has 0 aromatic heterocycles. The maximum atomic E-state index is 11.4. The zero-order chi connectivity index (χ0) is 12.5. The van der Waals surface area contributed by atoms with Gasteiger partial charge in [-0.15, -0.1) is 0 Å². The molecule has 1 saturated carbocycles. The summed E-state index contributed by atoms with van der Waals surface area (Å²) in [4.78, 5) is 13.8. The van der Waals surface area contributed by atoms with E-state index in [-0.39, 0.29) is 0 Å². The highest BCUT2D eigenvalue weighted by molar-refractivity contribution is 5.74. The molecule has 1 saturated heterocycles. The molecule has 17 heavy (non-hydrogen) atoms. The Labute approximate surface area is 104 Å². The molecule has 0 spiro atoms. The van der Waals surface area contributed by atoms with Gasteiger partial charge in [-0.05, 0) is 45.1 Å². The van der Waals surface area contributed by atoms with E-state index in [0.717, 1.165) is 31.8 Å². The Balaban J connectivity index is 2.04. The van der Waals surface area contributed by atoms with Crippen LogP contribution in [0.4, 0.5) is 0 Å². The van der Waals surface area contributed by atoms with Gasteiger partial charge in [0.05, 0.1) is 5.41 Å². The number of likely N-dealkylation sites (tertiary alicyclic amines) is 1. The highest BCUT2D eigenvalue weighted by Gasteiger charge is 2.41. The Morgan fingerprint density at radius 3 is 2.82 bits per heavy atom. The summed E-state index contributed by atoms with van der Waals surface area (Å²) in [6, 6.07) is 0.652. The summed E-state index contributed by atoms with van der Waals surface area (Å²) < 4.78 is 0. The molecule has 98 valence electrons. The lowest BCUT2D eigenvalue weighted by Gasteiger charge is -2.42. The summed E-state index contributed by atoms with van der Waals surface area (Å²) in [5.41, 5.74) is -0.515. The summed E-state index contributed by atoms with van der Waals surface area (Å²) >= 11 is 0. The number of carboxylic acid groups (broad SMARTS) is 1. The van der Waals surface area contributed by atoms with Crippen molar-refractivity contribution in [2.75, 3.05) is 13.1 Å². The summed E-state index contributed by atoms with van der Waals surface area (Å²) in [5.74, 6) is 0.180. The molecule has 0 bridgehead atoms. The first-order valence-electron chi connectivity index (χ1n) is 7.04. The number of nitrogens with zero attached hydrogens (tertiary/aromatic N) is 1. The second-order valence-corrected chi connectivity index (χ2v) is 6.11. The second-order valence-electron chi connectivity index (χ2n) is 6.11. The van der Waals surface area contributed by atoms with Crippen molar-refractivity contribution in [3.8, 4) is 0 Å². The minimum Gasteiger partial charge on any atom is -0.481 e. The number of piperidine rings is 1. The molecule has 3 unspecified atom stereocenters. The van der Waals surface area contributed by atoms with Gasteiger partial charge in [0, 0.05) is 12.6 Å². The normalized spacial score (nSPS) is 39.4. The van der Waals surface area contributed by atoms with Gasteiger partial charge < -0.3 is 5.11 Å². The van der Waals surface area contributed by atoms with Crippen LogP contribution in [-0.4, -0.2) is 35.1 Å². The van der Waals surface area contributed by atoms with E-state index >= 15 is 0 Å². The van der Waals surface area contributed by atoms with Crippen LogP contribution >= 0.6 is 0 Å². The van der Waals surface area contributed by atoms with Crippen LogP contribution in [0.15, 0.2) is 0 Å². The first kappa shape index (κ1) is 12.9. The minimum atomic E-state index is -0.617. The van der Waals surface area contributed by atoms with Gasteiger partial charge in [0.15, 0.2) is 0 Å². The first-order valence-corrected chi connectivity index (χ1v) is 7.04. The van der Waals surface area contributed by atoms with Crippen molar-refractivity contribution in [1.29, 1.82) is 0 Å². The summed E-state index contributed by atoms with van der Waals surface area (Å²) in [6.07, 6.45) is 7.04. The lowest BCUT2D eigenvalue weighted by molar-refractivity contribution is -0.152. The van der Waals surface area contributed by atoms with Crippen molar-refractivity contribution < 1.29 is 9.90 Å². The largest absolute Gasteiger partial charge is 0.481 e. The highest BCUT2D eigenvalue weighted by atomic mass is 16.4. The van der Waals surface area contributed by atoms with Crippen molar-refractivity contribution in [2.24, 2.45) is 11.3 Å². The van der Waals surface area contributed by atoms with Gasteiger partial charge in [0.25, 0.3) is 0 Å². The fourth-order valence-electron chi connectivity index (χ4n) is 3.71. The van der Waals surface area contributed by atoms with Gasteiger partial charge in [0.1, 0.15) is 0 Å². The fraction of sp³-hybridized carbons (Fsp3) is 0.929. The third-order valence-electron chi connectivity index (χ3n) is 4.85. The van der Waals surface area contributed by atoms with E-state index in [1.54, 1.807) is 0 Å². The topological polar surface area (TPSA) is 40.5 Å². The van der Waals surface area contributed by atoms with Crippen molar-refractivity contribution in [1.82, 2.24) is 4.90 Å². The Morgan fingerprint density at radius 1 is 1.41 bits per heavy atom. The van der Waals surface area contributed by atoms with Gasteiger partial charge in [-0.25, -0.2) is 0 Å². The molecule has 2 rings (SSSR count). The molecule has 0 aromatic rings. The zero-order valence-electron chi connectivity index (χ0n) is 11.1. The van der Waals surface area contributed by atoms with Crippen LogP contribution < -0.4 is 0 Å². The zero-order valence-corrected chi connectivity index (χ0v) is 11.1. The number of hydrogen-bond donors (Lipinski definition) is 1. The fourth-order valence-corrected chi connectivity index (χ4v) is 3.71. The SMILES string of the molecule is CCC1CCCC1N1CCCC(C)(C(=O)O)C1. The molecule has 0 aromatic carbocycles. The molecular formula is C14H25NO2. The monoisotopic (exact) mass is 239 g/mol. The molecule has 2 fully saturated rings. The standard InChI is InChI=1S/C14H25NO2/c1-3-11-6-4-7-12(11)15-9-5-8-14(2,10-15)13(16)17/h11-12H,3-10H2,1-2H3,(H,16,17). The van der Waals surface area contributed by atoms with Crippen molar-refractivity contribution in [3.05, 3.63) is 0 Å². The Bertz CT molecular complexity index is 292. The predicted octanol–water partition coefficient (Wildman–Crippen LogP) is 2.75. The number of rotatable bonds is 3. The second kappa shape index (κ2) is 4.97. The summed E-state index contributed by atoms with van der Waals surface area (Å²) in [5, 5.41) is 9.35. The van der Waals surface area contributed by atoms with Crippen LogP contribution in [0.5, 0.6) is 0 Å². The predicted molar refractivity (Wildman–Crippen MR) is 68.0 cm³/mol. The maximum Gasteiger partial charge on any atom is 0.310 e. The lowest BCUT2D eigenvalue weighted by Crippen LogP contribution is -2.50. The molecule has 2 aliphatic rings. The minimum absolute atomic E-state index is 0.515. The van der Waals surface area contributed by atoms with Crippen molar-refractivity contribution in [2.45, 2.75) is 58.4 Å². The molecule has 1 N–H and O–H groups in total. The maximum absolute atomic E-state index is 11.4. The van der Waals surface area contributed by atoms with E-state index in [1.807, 2.05) is 6.92 Å². The Hall–Kier alpha value is -0.570. The van der Waals surface area contributed by atoms with E-state index in [0.29, 0.717) is 6.04 Å². The van der Waals surface area contributed by atoms with Crippen LogP contribution in [0.3, 0.4) is 0 Å². The van der Waals surface area contributed by atoms with Gasteiger partial charge >= 0.3 is 5.97 Å². The molecule has 0 radical (unpaired) electrons. The molecule has 1 aliphatic carbocycles. The smallest absolute Gasteiger partial charge is 0.310 e. The quantitative estimate of drug-likeness (QED) is 0.823. The highest BCUT2D eigenvalue weighted by Crippen LogP contribution is 2.37. The molecule has 1 aliphatic heterocycles. The summed E-state index contributed by atoms with van der Waals surface area (Å²) in [6.45, 7) is 6.04. The molecule has 1 heterocycles. The van der Waals surface area contributed by atoms with Gasteiger partial charge in [-0.1, -0.05) is 19.8 Å². The van der Waals surface area contributed by atoms with Crippen LogP contribution in [0.2, 0.25) is 0 Å². The van der Waals surface area contributed by atoms with E-state index in [4.69, 9.17) is 0 Å².